The van der Waals surface area contributed by atoms with Crippen LogP contribution in [0.4, 0.5) is 0 Å². The molecule has 0 saturated carbocycles. The first kappa shape index (κ1) is 15.1. The Balaban J connectivity index is 2.18. The van der Waals surface area contributed by atoms with E-state index in [1.807, 2.05) is 37.3 Å². The van der Waals surface area contributed by atoms with Crippen molar-refractivity contribution in [3.63, 3.8) is 0 Å². The maximum absolute atomic E-state index is 6.12. The SMILES string of the molecule is COCCOCCOC(C)C(N)c1ccccc1. The predicted octanol–water partition coefficient (Wildman–Crippen LogP) is 1.75. The van der Waals surface area contributed by atoms with Crippen molar-refractivity contribution < 1.29 is 14.2 Å². The van der Waals surface area contributed by atoms with Crippen LogP contribution in [0.5, 0.6) is 0 Å². The molecule has 0 aliphatic rings. The summed E-state index contributed by atoms with van der Waals surface area (Å²) in [5.41, 5.74) is 7.20. The molecule has 102 valence electrons. The molecule has 0 bridgehead atoms. The summed E-state index contributed by atoms with van der Waals surface area (Å²) >= 11 is 0. The molecule has 4 heteroatoms. The summed E-state index contributed by atoms with van der Waals surface area (Å²) in [6, 6.07) is 9.86. The average Bonchev–Trinajstić information content (AvgIpc) is 2.42. The zero-order valence-electron chi connectivity index (χ0n) is 11.2. The minimum absolute atomic E-state index is 0.0292. The van der Waals surface area contributed by atoms with Gasteiger partial charge in [-0.1, -0.05) is 30.3 Å². The summed E-state index contributed by atoms with van der Waals surface area (Å²) in [5.74, 6) is 0. The number of benzene rings is 1. The van der Waals surface area contributed by atoms with Crippen LogP contribution in [0.3, 0.4) is 0 Å². The second-order valence-electron chi connectivity index (χ2n) is 4.12. The van der Waals surface area contributed by atoms with Crippen LogP contribution < -0.4 is 5.73 Å². The van der Waals surface area contributed by atoms with Gasteiger partial charge in [-0.05, 0) is 12.5 Å². The Morgan fingerprint density at radius 2 is 1.72 bits per heavy atom. The molecular weight excluding hydrogens is 230 g/mol. The lowest BCUT2D eigenvalue weighted by molar-refractivity contribution is -0.00842. The summed E-state index contributed by atoms with van der Waals surface area (Å²) in [4.78, 5) is 0. The van der Waals surface area contributed by atoms with Crippen LogP contribution in [0.15, 0.2) is 30.3 Å². The molecule has 0 heterocycles. The van der Waals surface area contributed by atoms with Crippen LogP contribution >= 0.6 is 0 Å². The fourth-order valence-corrected chi connectivity index (χ4v) is 1.59. The summed E-state index contributed by atoms with van der Waals surface area (Å²) in [5, 5.41) is 0. The number of rotatable bonds is 9. The first-order valence-corrected chi connectivity index (χ1v) is 6.24. The molecule has 1 aromatic carbocycles. The van der Waals surface area contributed by atoms with E-state index in [1.54, 1.807) is 7.11 Å². The van der Waals surface area contributed by atoms with Gasteiger partial charge in [-0.15, -0.1) is 0 Å². The molecule has 0 aliphatic carbocycles. The molecule has 0 spiro atoms. The van der Waals surface area contributed by atoms with Crippen LogP contribution in [0, 0.1) is 0 Å². The smallest absolute Gasteiger partial charge is 0.0740 e. The third-order valence-corrected chi connectivity index (χ3v) is 2.73. The minimum atomic E-state index is -0.106. The minimum Gasteiger partial charge on any atom is -0.382 e. The molecule has 2 atom stereocenters. The Bertz CT molecular complexity index is 305. The van der Waals surface area contributed by atoms with Crippen molar-refractivity contribution in [2.75, 3.05) is 33.5 Å². The monoisotopic (exact) mass is 253 g/mol. The van der Waals surface area contributed by atoms with Crippen LogP contribution in [-0.4, -0.2) is 39.6 Å². The fraction of sp³-hybridized carbons (Fsp3) is 0.571. The highest BCUT2D eigenvalue weighted by Crippen LogP contribution is 2.15. The van der Waals surface area contributed by atoms with Crippen molar-refractivity contribution in [2.45, 2.75) is 19.1 Å². The Morgan fingerprint density at radius 1 is 1.06 bits per heavy atom. The van der Waals surface area contributed by atoms with Gasteiger partial charge in [0.15, 0.2) is 0 Å². The van der Waals surface area contributed by atoms with Gasteiger partial charge in [-0.2, -0.15) is 0 Å². The molecule has 0 saturated heterocycles. The Morgan fingerprint density at radius 3 is 2.39 bits per heavy atom. The van der Waals surface area contributed by atoms with Crippen molar-refractivity contribution in [1.82, 2.24) is 0 Å². The molecule has 1 aromatic rings. The number of nitrogens with two attached hydrogens (primary N) is 1. The van der Waals surface area contributed by atoms with Crippen LogP contribution in [0.1, 0.15) is 18.5 Å². The molecule has 0 amide bonds. The van der Waals surface area contributed by atoms with Gasteiger partial charge in [-0.3, -0.25) is 0 Å². The van der Waals surface area contributed by atoms with Gasteiger partial charge in [0.25, 0.3) is 0 Å². The van der Waals surface area contributed by atoms with E-state index in [4.69, 9.17) is 19.9 Å². The molecule has 1 rings (SSSR count). The normalized spacial score (nSPS) is 14.4. The summed E-state index contributed by atoms with van der Waals surface area (Å²) in [7, 11) is 1.65. The van der Waals surface area contributed by atoms with Crippen molar-refractivity contribution in [2.24, 2.45) is 5.73 Å². The number of hydrogen-bond donors (Lipinski definition) is 1. The zero-order valence-corrected chi connectivity index (χ0v) is 11.2. The number of hydrogen-bond acceptors (Lipinski definition) is 4. The predicted molar refractivity (Wildman–Crippen MR) is 71.5 cm³/mol. The van der Waals surface area contributed by atoms with Gasteiger partial charge in [0.2, 0.25) is 0 Å². The summed E-state index contributed by atoms with van der Waals surface area (Å²) in [6.45, 7) is 4.30. The molecular formula is C14H23NO3. The standard InChI is InChI=1S/C14H23NO3/c1-12(18-11-10-17-9-8-16-2)14(15)13-6-4-3-5-7-13/h3-7,12,14H,8-11,15H2,1-2H3. The topological polar surface area (TPSA) is 53.7 Å². The van der Waals surface area contributed by atoms with E-state index in [0.717, 1.165) is 5.56 Å². The van der Waals surface area contributed by atoms with Gasteiger partial charge in [0, 0.05) is 7.11 Å². The van der Waals surface area contributed by atoms with Gasteiger partial charge < -0.3 is 19.9 Å². The van der Waals surface area contributed by atoms with Crippen molar-refractivity contribution in [3.05, 3.63) is 35.9 Å². The highest BCUT2D eigenvalue weighted by Gasteiger charge is 2.14. The molecule has 0 aromatic heterocycles. The second kappa shape index (κ2) is 9.05. The average molecular weight is 253 g/mol. The first-order chi connectivity index (χ1) is 8.75. The van der Waals surface area contributed by atoms with E-state index in [0.29, 0.717) is 26.4 Å². The third-order valence-electron chi connectivity index (χ3n) is 2.73. The van der Waals surface area contributed by atoms with Gasteiger partial charge in [0.1, 0.15) is 0 Å². The highest BCUT2D eigenvalue weighted by atomic mass is 16.5. The Labute approximate surface area is 109 Å². The lowest BCUT2D eigenvalue weighted by Crippen LogP contribution is -2.27. The molecule has 4 nitrogen and oxygen atoms in total. The van der Waals surface area contributed by atoms with E-state index < -0.39 is 0 Å². The number of ether oxygens (including phenoxy) is 3. The largest absolute Gasteiger partial charge is 0.382 e. The second-order valence-corrected chi connectivity index (χ2v) is 4.12. The molecule has 0 radical (unpaired) electrons. The van der Waals surface area contributed by atoms with E-state index in [1.165, 1.54) is 0 Å². The highest BCUT2D eigenvalue weighted by molar-refractivity contribution is 5.19. The summed E-state index contributed by atoms with van der Waals surface area (Å²) < 4.78 is 15.8. The Hall–Kier alpha value is -0.940. The lowest BCUT2D eigenvalue weighted by Gasteiger charge is -2.20. The lowest BCUT2D eigenvalue weighted by atomic mass is 10.0. The quantitative estimate of drug-likeness (QED) is 0.681. The first-order valence-electron chi connectivity index (χ1n) is 6.24. The molecule has 0 fully saturated rings. The van der Waals surface area contributed by atoms with E-state index in [-0.39, 0.29) is 12.1 Å². The molecule has 18 heavy (non-hydrogen) atoms. The van der Waals surface area contributed by atoms with Gasteiger partial charge in [0.05, 0.1) is 38.6 Å². The van der Waals surface area contributed by atoms with Crippen LogP contribution in [0.25, 0.3) is 0 Å². The van der Waals surface area contributed by atoms with Crippen molar-refractivity contribution >= 4 is 0 Å². The third kappa shape index (κ3) is 5.60. The summed E-state index contributed by atoms with van der Waals surface area (Å²) in [6.07, 6.45) is -0.0292. The van der Waals surface area contributed by atoms with Crippen LogP contribution in [0.2, 0.25) is 0 Å². The molecule has 2 unspecified atom stereocenters. The van der Waals surface area contributed by atoms with E-state index in [2.05, 4.69) is 0 Å². The number of methoxy groups -OCH3 is 1. The Kier molecular flexibility index (Phi) is 7.60. The fourth-order valence-electron chi connectivity index (χ4n) is 1.59. The maximum Gasteiger partial charge on any atom is 0.0740 e. The maximum atomic E-state index is 6.12. The van der Waals surface area contributed by atoms with E-state index >= 15 is 0 Å². The van der Waals surface area contributed by atoms with Gasteiger partial charge >= 0.3 is 0 Å². The van der Waals surface area contributed by atoms with Gasteiger partial charge in [-0.25, -0.2) is 0 Å². The van der Waals surface area contributed by atoms with Crippen molar-refractivity contribution in [1.29, 1.82) is 0 Å². The molecule has 0 aliphatic heterocycles. The van der Waals surface area contributed by atoms with E-state index in [9.17, 15) is 0 Å². The van der Waals surface area contributed by atoms with Crippen molar-refractivity contribution in [3.8, 4) is 0 Å². The zero-order chi connectivity index (χ0) is 13.2. The molecule has 2 N–H and O–H groups in total. The van der Waals surface area contributed by atoms with Crippen LogP contribution in [-0.2, 0) is 14.2 Å².